The second kappa shape index (κ2) is 8.35. The molecule has 1 aromatic carbocycles. The number of morpholine rings is 1. The molecular weight excluding hydrogens is 408 g/mol. The Morgan fingerprint density at radius 3 is 2.56 bits per heavy atom. The van der Waals surface area contributed by atoms with Crippen LogP contribution in [-0.2, 0) is 4.74 Å². The third kappa shape index (κ3) is 3.64. The Hall–Kier alpha value is -3.26. The van der Waals surface area contributed by atoms with Crippen LogP contribution in [0.25, 0.3) is 11.0 Å². The largest absolute Gasteiger partial charge is 0.451 e. The van der Waals surface area contributed by atoms with Gasteiger partial charge in [0.05, 0.1) is 24.5 Å². The molecule has 32 heavy (non-hydrogen) atoms. The van der Waals surface area contributed by atoms with E-state index in [2.05, 4.69) is 9.97 Å². The van der Waals surface area contributed by atoms with Gasteiger partial charge in [0, 0.05) is 49.2 Å². The number of fused-ring (bicyclic) bond motifs is 1. The first kappa shape index (κ1) is 20.6. The van der Waals surface area contributed by atoms with E-state index < -0.39 is 0 Å². The van der Waals surface area contributed by atoms with E-state index in [1.165, 1.54) is 0 Å². The van der Waals surface area contributed by atoms with Crippen molar-refractivity contribution in [1.82, 2.24) is 19.8 Å². The zero-order valence-electron chi connectivity index (χ0n) is 18.3. The topological polar surface area (TPSA) is 88.8 Å². The first-order valence-electron chi connectivity index (χ1n) is 11.0. The van der Waals surface area contributed by atoms with Crippen LogP contribution < -0.4 is 0 Å². The number of carbonyl (C=O) groups is 2. The molecule has 3 aromatic rings. The number of aryl methyl sites for hydroxylation is 2. The van der Waals surface area contributed by atoms with Crippen LogP contribution in [0.3, 0.4) is 0 Å². The molecule has 2 aliphatic rings. The summed E-state index contributed by atoms with van der Waals surface area (Å²) in [6, 6.07) is 7.69. The van der Waals surface area contributed by atoms with Gasteiger partial charge in [0.1, 0.15) is 11.4 Å². The van der Waals surface area contributed by atoms with Crippen LogP contribution >= 0.6 is 0 Å². The van der Waals surface area contributed by atoms with Crippen molar-refractivity contribution in [3.8, 4) is 0 Å². The summed E-state index contributed by atoms with van der Waals surface area (Å²) in [4.78, 5) is 38.6. The summed E-state index contributed by atoms with van der Waals surface area (Å²) in [6.07, 6.45) is 2.41. The average Bonchev–Trinajstić information content (AvgIpc) is 3.44. The lowest BCUT2D eigenvalue weighted by Gasteiger charge is -2.27. The van der Waals surface area contributed by atoms with Crippen LogP contribution in [0.4, 0.5) is 0 Å². The highest BCUT2D eigenvalue weighted by atomic mass is 16.5. The normalized spacial score (nSPS) is 19.0. The third-order valence-electron chi connectivity index (χ3n) is 6.41. The van der Waals surface area contributed by atoms with Gasteiger partial charge in [0.15, 0.2) is 5.76 Å². The predicted molar refractivity (Wildman–Crippen MR) is 118 cm³/mol. The van der Waals surface area contributed by atoms with E-state index in [4.69, 9.17) is 9.15 Å². The van der Waals surface area contributed by atoms with Crippen LogP contribution in [0.15, 0.2) is 34.9 Å². The second-order valence-electron chi connectivity index (χ2n) is 8.42. The van der Waals surface area contributed by atoms with Crippen molar-refractivity contribution in [2.45, 2.75) is 26.2 Å². The van der Waals surface area contributed by atoms with Gasteiger partial charge in [0.2, 0.25) is 0 Å². The summed E-state index contributed by atoms with van der Waals surface area (Å²) >= 11 is 0. The molecule has 2 fully saturated rings. The summed E-state index contributed by atoms with van der Waals surface area (Å²) in [7, 11) is 0. The fraction of sp³-hybridized carbons (Fsp3) is 0.417. The van der Waals surface area contributed by atoms with E-state index in [0.29, 0.717) is 62.2 Å². The van der Waals surface area contributed by atoms with Crippen LogP contribution in [-0.4, -0.2) is 71.0 Å². The van der Waals surface area contributed by atoms with Gasteiger partial charge in [-0.1, -0.05) is 18.2 Å². The maximum absolute atomic E-state index is 13.1. The minimum Gasteiger partial charge on any atom is -0.451 e. The average molecular weight is 434 g/mol. The van der Waals surface area contributed by atoms with Gasteiger partial charge in [-0.15, -0.1) is 0 Å². The maximum atomic E-state index is 13.1. The highest BCUT2D eigenvalue weighted by Gasteiger charge is 2.33. The van der Waals surface area contributed by atoms with Gasteiger partial charge in [0.25, 0.3) is 11.8 Å². The quantitative estimate of drug-likeness (QED) is 0.630. The number of likely N-dealkylation sites (tertiary alicyclic amines) is 1. The first-order valence-corrected chi connectivity index (χ1v) is 11.0. The zero-order chi connectivity index (χ0) is 22.2. The minimum absolute atomic E-state index is 0.0369. The van der Waals surface area contributed by atoms with Gasteiger partial charge in [-0.2, -0.15) is 0 Å². The number of furan rings is 1. The summed E-state index contributed by atoms with van der Waals surface area (Å²) in [6.45, 7) is 7.20. The van der Waals surface area contributed by atoms with Crippen molar-refractivity contribution < 1.29 is 18.7 Å². The SMILES string of the molecule is Cc1nc([C@@H]2CCN(C(=O)c3oc4ccccc4c3C)C2)ncc1C(=O)N1CCOCC1. The third-order valence-corrected chi connectivity index (χ3v) is 6.41. The van der Waals surface area contributed by atoms with Gasteiger partial charge in [-0.05, 0) is 26.3 Å². The van der Waals surface area contributed by atoms with E-state index in [-0.39, 0.29) is 17.7 Å². The van der Waals surface area contributed by atoms with Gasteiger partial charge < -0.3 is 19.0 Å². The van der Waals surface area contributed by atoms with Crippen LogP contribution in [0, 0.1) is 13.8 Å². The number of rotatable bonds is 3. The Balaban J connectivity index is 1.30. The van der Waals surface area contributed by atoms with E-state index in [1.54, 1.807) is 16.0 Å². The van der Waals surface area contributed by atoms with Crippen molar-refractivity contribution >= 4 is 22.8 Å². The summed E-state index contributed by atoms with van der Waals surface area (Å²) in [5.41, 5.74) is 2.79. The Morgan fingerprint density at radius 2 is 1.81 bits per heavy atom. The molecule has 0 unspecified atom stereocenters. The van der Waals surface area contributed by atoms with Crippen molar-refractivity contribution in [3.05, 3.63) is 58.9 Å². The molecule has 2 amide bonds. The van der Waals surface area contributed by atoms with Crippen LogP contribution in [0.1, 0.15) is 50.3 Å². The molecule has 5 rings (SSSR count). The Labute approximate surface area is 186 Å². The number of ether oxygens (including phenoxy) is 1. The monoisotopic (exact) mass is 434 g/mol. The lowest BCUT2D eigenvalue weighted by molar-refractivity contribution is 0.0301. The van der Waals surface area contributed by atoms with E-state index >= 15 is 0 Å². The number of nitrogens with zero attached hydrogens (tertiary/aromatic N) is 4. The first-order chi connectivity index (χ1) is 15.5. The van der Waals surface area contributed by atoms with E-state index in [1.807, 2.05) is 38.1 Å². The Morgan fingerprint density at radius 1 is 1.03 bits per heavy atom. The molecule has 0 radical (unpaired) electrons. The molecule has 8 nitrogen and oxygen atoms in total. The van der Waals surface area contributed by atoms with E-state index in [9.17, 15) is 9.59 Å². The fourth-order valence-electron chi connectivity index (χ4n) is 4.51. The molecule has 2 saturated heterocycles. The molecule has 0 bridgehead atoms. The highest BCUT2D eigenvalue weighted by molar-refractivity contribution is 5.99. The number of para-hydroxylation sites is 1. The molecule has 2 aliphatic heterocycles. The summed E-state index contributed by atoms with van der Waals surface area (Å²) < 4.78 is 11.2. The standard InChI is InChI=1S/C24H26N4O4/c1-15-18-5-3-4-6-20(18)32-21(15)24(30)28-8-7-17(14-28)22-25-13-19(16(2)26-22)23(29)27-9-11-31-12-10-27/h3-6,13,17H,7-12,14H2,1-2H3/t17-/m1/s1. The van der Waals surface area contributed by atoms with Gasteiger partial charge >= 0.3 is 0 Å². The van der Waals surface area contributed by atoms with Gasteiger partial charge in [-0.3, -0.25) is 9.59 Å². The maximum Gasteiger partial charge on any atom is 0.289 e. The van der Waals surface area contributed by atoms with Crippen molar-refractivity contribution in [2.75, 3.05) is 39.4 Å². The van der Waals surface area contributed by atoms with Crippen molar-refractivity contribution in [2.24, 2.45) is 0 Å². The lowest BCUT2D eigenvalue weighted by atomic mass is 10.1. The fourth-order valence-corrected chi connectivity index (χ4v) is 4.51. The minimum atomic E-state index is -0.1000. The Bertz CT molecular complexity index is 1180. The zero-order valence-corrected chi connectivity index (χ0v) is 18.3. The van der Waals surface area contributed by atoms with Crippen molar-refractivity contribution in [3.63, 3.8) is 0 Å². The molecule has 8 heteroatoms. The van der Waals surface area contributed by atoms with Crippen LogP contribution in [0.2, 0.25) is 0 Å². The highest BCUT2D eigenvalue weighted by Crippen LogP contribution is 2.30. The molecule has 1 atom stereocenters. The molecule has 166 valence electrons. The summed E-state index contributed by atoms with van der Waals surface area (Å²) in [5, 5.41) is 0.964. The molecule has 0 N–H and O–H groups in total. The second-order valence-corrected chi connectivity index (χ2v) is 8.42. The summed E-state index contributed by atoms with van der Waals surface area (Å²) in [5.74, 6) is 0.959. The molecule has 0 saturated carbocycles. The number of hydrogen-bond acceptors (Lipinski definition) is 6. The number of carbonyl (C=O) groups excluding carboxylic acids is 2. The Kier molecular flexibility index (Phi) is 5.38. The molecular formula is C24H26N4O4. The van der Waals surface area contributed by atoms with E-state index in [0.717, 1.165) is 23.0 Å². The molecule has 2 aromatic heterocycles. The number of amides is 2. The van der Waals surface area contributed by atoms with Crippen molar-refractivity contribution in [1.29, 1.82) is 0 Å². The predicted octanol–water partition coefficient (Wildman–Crippen LogP) is 2.94. The number of aromatic nitrogens is 2. The number of benzene rings is 1. The number of hydrogen-bond donors (Lipinski definition) is 0. The lowest BCUT2D eigenvalue weighted by Crippen LogP contribution is -2.41. The molecule has 0 spiro atoms. The molecule has 0 aliphatic carbocycles. The van der Waals surface area contributed by atoms with Crippen LogP contribution in [0.5, 0.6) is 0 Å². The molecule has 4 heterocycles. The smallest absolute Gasteiger partial charge is 0.289 e. The van der Waals surface area contributed by atoms with Gasteiger partial charge in [-0.25, -0.2) is 9.97 Å².